The summed E-state index contributed by atoms with van der Waals surface area (Å²) in [4.78, 5) is 14.0. The van der Waals surface area contributed by atoms with Crippen molar-refractivity contribution < 1.29 is 31.9 Å². The normalized spacial score (nSPS) is 13.4. The Bertz CT molecular complexity index is 1630. The van der Waals surface area contributed by atoms with Gasteiger partial charge in [0.05, 0.1) is 39.5 Å². The molecule has 0 saturated carbocycles. The Morgan fingerprint density at radius 3 is 2.54 bits per heavy atom. The molecule has 13 heteroatoms. The van der Waals surface area contributed by atoms with Crippen molar-refractivity contribution in [2.45, 2.75) is 50.9 Å². The van der Waals surface area contributed by atoms with Crippen LogP contribution in [-0.4, -0.2) is 54.2 Å². The van der Waals surface area contributed by atoms with Gasteiger partial charge in [0.1, 0.15) is 27.4 Å². The fourth-order valence-electron chi connectivity index (χ4n) is 4.37. The predicted molar refractivity (Wildman–Crippen MR) is 141 cm³/mol. The highest BCUT2D eigenvalue weighted by molar-refractivity contribution is 7.92. The first-order valence-electron chi connectivity index (χ1n) is 12.1. The number of ether oxygens (including phenoxy) is 3. The number of amides is 1. The lowest BCUT2D eigenvalue weighted by molar-refractivity contribution is 0.0239. The number of nitrogens with zero attached hydrogens (tertiary/aromatic N) is 4. The van der Waals surface area contributed by atoms with Crippen molar-refractivity contribution in [1.29, 1.82) is 0 Å². The van der Waals surface area contributed by atoms with Crippen LogP contribution < -0.4 is 14.2 Å². The first kappa shape index (κ1) is 26.4. The van der Waals surface area contributed by atoms with Crippen LogP contribution in [0.3, 0.4) is 0 Å². The second-order valence-electron chi connectivity index (χ2n) is 10.1. The van der Waals surface area contributed by atoms with Crippen LogP contribution in [0.2, 0.25) is 0 Å². The van der Waals surface area contributed by atoms with Gasteiger partial charge in [-0.1, -0.05) is 17.3 Å². The molecule has 0 aliphatic carbocycles. The monoisotopic (exact) mass is 555 g/mol. The van der Waals surface area contributed by atoms with Gasteiger partial charge >= 0.3 is 6.09 Å². The van der Waals surface area contributed by atoms with Gasteiger partial charge in [-0.2, -0.15) is 5.10 Å². The molecule has 1 aliphatic heterocycles. The lowest BCUT2D eigenvalue weighted by Crippen LogP contribution is -2.33. The van der Waals surface area contributed by atoms with Crippen molar-refractivity contribution in [2.24, 2.45) is 0 Å². The molecule has 1 aliphatic rings. The van der Waals surface area contributed by atoms with Crippen molar-refractivity contribution in [2.75, 3.05) is 18.9 Å². The van der Waals surface area contributed by atoms with Crippen LogP contribution in [-0.2, 0) is 34.4 Å². The molecular weight excluding hydrogens is 526 g/mol. The number of hydrogen-bond donors (Lipinski definition) is 1. The summed E-state index contributed by atoms with van der Waals surface area (Å²) in [6.45, 7) is 6.69. The number of benzene rings is 2. The molecule has 0 spiro atoms. The Morgan fingerprint density at radius 2 is 1.85 bits per heavy atom. The minimum atomic E-state index is -4.02. The predicted octanol–water partition coefficient (Wildman–Crippen LogP) is 4.14. The van der Waals surface area contributed by atoms with E-state index in [9.17, 15) is 13.2 Å². The molecule has 0 atom stereocenters. The number of aromatic nitrogens is 3. The maximum absolute atomic E-state index is 13.1. The second kappa shape index (κ2) is 9.80. The van der Waals surface area contributed by atoms with Gasteiger partial charge in [-0.25, -0.2) is 13.2 Å². The van der Waals surface area contributed by atoms with Gasteiger partial charge in [-0.05, 0) is 50.6 Å². The van der Waals surface area contributed by atoms with E-state index >= 15 is 0 Å². The van der Waals surface area contributed by atoms with Crippen LogP contribution in [0.5, 0.6) is 11.5 Å². The van der Waals surface area contributed by atoms with Crippen LogP contribution in [0.15, 0.2) is 52.0 Å². The fraction of sp³-hybridized carbons (Fsp3) is 0.346. The summed E-state index contributed by atoms with van der Waals surface area (Å²) < 4.78 is 52.1. The van der Waals surface area contributed by atoms with Crippen LogP contribution in [0, 0.1) is 0 Å². The Kier molecular flexibility index (Phi) is 6.62. The minimum absolute atomic E-state index is 0.000365. The SMILES string of the molecule is COc1ccccc1S(=O)(=O)Nc1noc2cc(Cn3cc4c(n3)CN(C(=O)OC(C)(C)C)C4)cc(OC)c12. The van der Waals surface area contributed by atoms with Crippen LogP contribution in [0.4, 0.5) is 10.6 Å². The number of sulfonamides is 1. The number of anilines is 1. The fourth-order valence-corrected chi connectivity index (χ4v) is 5.55. The summed E-state index contributed by atoms with van der Waals surface area (Å²) in [7, 11) is -1.14. The van der Waals surface area contributed by atoms with Gasteiger partial charge in [-0.3, -0.25) is 14.3 Å². The van der Waals surface area contributed by atoms with Gasteiger partial charge in [-0.15, -0.1) is 0 Å². The van der Waals surface area contributed by atoms with Crippen molar-refractivity contribution >= 4 is 32.9 Å². The van der Waals surface area contributed by atoms with Gasteiger partial charge < -0.3 is 18.7 Å². The lowest BCUT2D eigenvalue weighted by atomic mass is 10.1. The number of para-hydroxylation sites is 1. The van der Waals surface area contributed by atoms with E-state index in [-0.39, 0.29) is 22.6 Å². The van der Waals surface area contributed by atoms with E-state index in [1.165, 1.54) is 20.3 Å². The van der Waals surface area contributed by atoms with E-state index in [0.29, 0.717) is 36.4 Å². The first-order chi connectivity index (χ1) is 18.5. The molecule has 1 N–H and O–H groups in total. The zero-order valence-corrected chi connectivity index (χ0v) is 23.0. The number of fused-ring (bicyclic) bond motifs is 2. The second-order valence-corrected chi connectivity index (χ2v) is 11.7. The average molecular weight is 556 g/mol. The van der Waals surface area contributed by atoms with Crippen LogP contribution in [0.1, 0.15) is 37.6 Å². The summed E-state index contributed by atoms with van der Waals surface area (Å²) in [5.41, 5.74) is 2.34. The molecule has 39 heavy (non-hydrogen) atoms. The molecule has 5 rings (SSSR count). The zero-order chi connectivity index (χ0) is 27.9. The number of nitrogens with one attached hydrogen (secondary N) is 1. The number of carbonyl (C=O) groups is 1. The standard InChI is InChI=1S/C26H29N5O7S/c1-26(2,3)37-25(32)30-13-17-14-31(27-18(17)15-30)12-16-10-20(36-5)23-21(11-16)38-28-24(23)29-39(33,34)22-9-7-6-8-19(22)35-4/h6-11,14H,12-13,15H2,1-5H3,(H,28,29). The third kappa shape index (κ3) is 5.35. The number of hydrogen-bond acceptors (Lipinski definition) is 9. The smallest absolute Gasteiger partial charge is 0.410 e. The molecule has 1 amide bonds. The van der Waals surface area contributed by atoms with E-state index in [4.69, 9.17) is 18.7 Å². The van der Waals surface area contributed by atoms with Crippen LogP contribution in [0.25, 0.3) is 11.0 Å². The molecule has 0 bridgehead atoms. The first-order valence-corrected chi connectivity index (χ1v) is 13.6. The summed E-state index contributed by atoms with van der Waals surface area (Å²) in [5.74, 6) is 0.587. The molecular formula is C26H29N5O7S. The van der Waals surface area contributed by atoms with E-state index < -0.39 is 15.6 Å². The van der Waals surface area contributed by atoms with E-state index in [0.717, 1.165) is 16.8 Å². The Labute approximate surface area is 225 Å². The molecule has 3 heterocycles. The highest BCUT2D eigenvalue weighted by Gasteiger charge is 2.30. The third-order valence-corrected chi connectivity index (χ3v) is 7.41. The van der Waals surface area contributed by atoms with Crippen molar-refractivity contribution in [1.82, 2.24) is 19.8 Å². The molecule has 4 aromatic rings. The third-order valence-electron chi connectivity index (χ3n) is 6.03. The lowest BCUT2D eigenvalue weighted by Gasteiger charge is -2.24. The molecule has 12 nitrogen and oxygen atoms in total. The molecule has 0 fully saturated rings. The maximum atomic E-state index is 13.1. The summed E-state index contributed by atoms with van der Waals surface area (Å²) in [5, 5.41) is 8.97. The van der Waals surface area contributed by atoms with Gasteiger partial charge in [0.15, 0.2) is 11.4 Å². The van der Waals surface area contributed by atoms with Crippen molar-refractivity contribution in [3.63, 3.8) is 0 Å². The molecule has 2 aromatic heterocycles. The van der Waals surface area contributed by atoms with E-state index in [2.05, 4.69) is 15.0 Å². The highest BCUT2D eigenvalue weighted by Crippen LogP contribution is 2.36. The molecule has 0 unspecified atom stereocenters. The van der Waals surface area contributed by atoms with Crippen molar-refractivity contribution in [3.05, 3.63) is 59.4 Å². The number of rotatable bonds is 7. The maximum Gasteiger partial charge on any atom is 0.410 e. The summed E-state index contributed by atoms with van der Waals surface area (Å²) >= 11 is 0. The Hall–Kier alpha value is -4.26. The quantitative estimate of drug-likeness (QED) is 0.356. The molecule has 2 aromatic carbocycles. The van der Waals surface area contributed by atoms with Crippen molar-refractivity contribution in [3.8, 4) is 11.5 Å². The van der Waals surface area contributed by atoms with Gasteiger partial charge in [0, 0.05) is 11.8 Å². The number of methoxy groups -OCH3 is 2. The topological polar surface area (TPSA) is 138 Å². The van der Waals surface area contributed by atoms with E-state index in [1.54, 1.807) is 39.9 Å². The minimum Gasteiger partial charge on any atom is -0.496 e. The van der Waals surface area contributed by atoms with Gasteiger partial charge in [0.25, 0.3) is 10.0 Å². The average Bonchev–Trinajstić information content (AvgIpc) is 3.56. The summed E-state index contributed by atoms with van der Waals surface area (Å²) in [6, 6.07) is 9.81. The van der Waals surface area contributed by atoms with Gasteiger partial charge in [0.2, 0.25) is 0 Å². The zero-order valence-electron chi connectivity index (χ0n) is 22.2. The van der Waals surface area contributed by atoms with Crippen LogP contribution >= 0.6 is 0 Å². The van der Waals surface area contributed by atoms with E-state index in [1.807, 2.05) is 27.0 Å². The largest absolute Gasteiger partial charge is 0.496 e. The molecule has 0 saturated heterocycles. The Balaban J connectivity index is 1.36. The number of carbonyl (C=O) groups excluding carboxylic acids is 1. The molecule has 206 valence electrons. The summed E-state index contributed by atoms with van der Waals surface area (Å²) in [6.07, 6.45) is 1.52. The molecule has 0 radical (unpaired) electrons. The highest BCUT2D eigenvalue weighted by atomic mass is 32.2. The Morgan fingerprint density at radius 1 is 1.10 bits per heavy atom.